The van der Waals surface area contributed by atoms with Crippen LogP contribution in [0.2, 0.25) is 0 Å². The van der Waals surface area contributed by atoms with Gasteiger partial charge in [0, 0.05) is 57.1 Å². The third-order valence-corrected chi connectivity index (χ3v) is 5.70. The van der Waals surface area contributed by atoms with E-state index < -0.39 is 0 Å². The maximum atomic E-state index is 11.7. The number of carbonyl (C=O) groups is 2. The predicted octanol–water partition coefficient (Wildman–Crippen LogP) is 3.81. The highest BCUT2D eigenvalue weighted by atomic mass is 16.5. The summed E-state index contributed by atoms with van der Waals surface area (Å²) >= 11 is 0. The van der Waals surface area contributed by atoms with E-state index in [-0.39, 0.29) is 11.8 Å². The van der Waals surface area contributed by atoms with E-state index in [0.717, 1.165) is 18.8 Å². The summed E-state index contributed by atoms with van der Waals surface area (Å²) in [6.45, 7) is 7.97. The summed E-state index contributed by atoms with van der Waals surface area (Å²) in [7, 11) is 1.60. The molecule has 0 atom stereocenters. The zero-order chi connectivity index (χ0) is 25.5. The third-order valence-electron chi connectivity index (χ3n) is 5.70. The van der Waals surface area contributed by atoms with Crippen molar-refractivity contribution in [2.24, 2.45) is 0 Å². The Morgan fingerprint density at radius 3 is 2.53 bits per heavy atom. The van der Waals surface area contributed by atoms with E-state index in [0.29, 0.717) is 47.8 Å². The molecular formula is C26H28N6O4. The van der Waals surface area contributed by atoms with Gasteiger partial charge in [-0.3, -0.25) is 9.59 Å². The third kappa shape index (κ3) is 5.90. The van der Waals surface area contributed by atoms with Crippen LogP contribution in [0.15, 0.2) is 67.4 Å². The van der Waals surface area contributed by atoms with Gasteiger partial charge in [0.1, 0.15) is 5.75 Å². The maximum Gasteiger partial charge on any atom is 0.247 e. The molecule has 1 saturated heterocycles. The summed E-state index contributed by atoms with van der Waals surface area (Å²) in [6, 6.07) is 14.5. The van der Waals surface area contributed by atoms with Crippen molar-refractivity contribution in [3.63, 3.8) is 0 Å². The van der Waals surface area contributed by atoms with Gasteiger partial charge in [0.05, 0.1) is 18.5 Å². The van der Waals surface area contributed by atoms with Crippen LogP contribution < -0.4 is 25.0 Å². The Morgan fingerprint density at radius 1 is 1.03 bits per heavy atom. The van der Waals surface area contributed by atoms with E-state index in [2.05, 4.69) is 32.1 Å². The molecule has 1 aliphatic rings. The number of amides is 2. The van der Waals surface area contributed by atoms with Gasteiger partial charge in [0.15, 0.2) is 5.75 Å². The van der Waals surface area contributed by atoms with E-state index in [1.54, 1.807) is 50.6 Å². The fourth-order valence-corrected chi connectivity index (χ4v) is 3.79. The fourth-order valence-electron chi connectivity index (χ4n) is 3.79. The molecule has 0 spiro atoms. The van der Waals surface area contributed by atoms with Crippen LogP contribution in [0.25, 0.3) is 0 Å². The van der Waals surface area contributed by atoms with Gasteiger partial charge in [0.25, 0.3) is 0 Å². The molecule has 2 heterocycles. The molecule has 3 aromatic rings. The van der Waals surface area contributed by atoms with Crippen LogP contribution in [0.5, 0.6) is 17.4 Å². The number of benzene rings is 2. The lowest BCUT2D eigenvalue weighted by atomic mass is 10.2. The monoisotopic (exact) mass is 488 g/mol. The summed E-state index contributed by atoms with van der Waals surface area (Å²) in [4.78, 5) is 36.1. The molecule has 0 bridgehead atoms. The molecule has 2 amide bonds. The number of hydrogen-bond acceptors (Lipinski definition) is 8. The normalized spacial score (nSPS) is 13.1. The minimum Gasteiger partial charge on any atom is -0.494 e. The van der Waals surface area contributed by atoms with Gasteiger partial charge in [-0.15, -0.1) is 0 Å². The first-order valence-electron chi connectivity index (χ1n) is 11.5. The number of hydrogen-bond donors (Lipinski definition) is 2. The number of ether oxygens (including phenoxy) is 2. The number of nitrogens with zero attached hydrogens (tertiary/aromatic N) is 4. The number of carbonyl (C=O) groups excluding carboxylic acids is 2. The fraction of sp³-hybridized carbons (Fsp3) is 0.231. The predicted molar refractivity (Wildman–Crippen MR) is 138 cm³/mol. The van der Waals surface area contributed by atoms with Gasteiger partial charge in [-0.25, -0.2) is 4.98 Å². The van der Waals surface area contributed by atoms with Gasteiger partial charge >= 0.3 is 0 Å². The van der Waals surface area contributed by atoms with Crippen molar-refractivity contribution >= 4 is 34.8 Å². The van der Waals surface area contributed by atoms with Gasteiger partial charge in [-0.05, 0) is 30.3 Å². The average molecular weight is 489 g/mol. The largest absolute Gasteiger partial charge is 0.494 e. The zero-order valence-corrected chi connectivity index (χ0v) is 20.2. The van der Waals surface area contributed by atoms with Crippen molar-refractivity contribution in [3.05, 3.63) is 67.4 Å². The lowest BCUT2D eigenvalue weighted by Gasteiger charge is -2.35. The lowest BCUT2D eigenvalue weighted by Crippen LogP contribution is -2.48. The van der Waals surface area contributed by atoms with Crippen LogP contribution in [-0.4, -0.2) is 60.0 Å². The highest BCUT2D eigenvalue weighted by Gasteiger charge is 2.20. The van der Waals surface area contributed by atoms with E-state index >= 15 is 0 Å². The standard InChI is InChI=1S/C26H28N6O4/c1-4-24(34)28-20-7-5-6-8-22(20)36-25-11-12-27-26(30-25)29-21-10-9-19(17-23(21)35-3)32-15-13-31(14-16-32)18(2)33/h4-12,17H,1,13-16H2,2-3H3,(H,28,34)(H,27,29,30). The van der Waals surface area contributed by atoms with E-state index in [4.69, 9.17) is 9.47 Å². The number of aromatic nitrogens is 2. The first-order chi connectivity index (χ1) is 17.5. The van der Waals surface area contributed by atoms with Crippen molar-refractivity contribution in [1.29, 1.82) is 0 Å². The molecule has 0 saturated carbocycles. The smallest absolute Gasteiger partial charge is 0.247 e. The Balaban J connectivity index is 1.47. The van der Waals surface area contributed by atoms with Crippen molar-refractivity contribution in [3.8, 4) is 17.4 Å². The summed E-state index contributed by atoms with van der Waals surface area (Å²) in [5.74, 6) is 1.45. The van der Waals surface area contributed by atoms with E-state index in [9.17, 15) is 9.59 Å². The first-order valence-corrected chi connectivity index (χ1v) is 11.5. The molecule has 4 rings (SSSR count). The molecule has 10 nitrogen and oxygen atoms in total. The van der Waals surface area contributed by atoms with Crippen molar-refractivity contribution < 1.29 is 19.1 Å². The van der Waals surface area contributed by atoms with Crippen LogP contribution in [0.1, 0.15) is 6.92 Å². The van der Waals surface area contributed by atoms with Crippen LogP contribution in [0.3, 0.4) is 0 Å². The van der Waals surface area contributed by atoms with Crippen molar-refractivity contribution in [1.82, 2.24) is 14.9 Å². The second-order valence-electron chi connectivity index (χ2n) is 8.01. The SMILES string of the molecule is C=CC(=O)Nc1ccccc1Oc1ccnc(Nc2ccc(N3CCN(C(C)=O)CC3)cc2OC)n1. The Kier molecular flexibility index (Phi) is 7.64. The molecule has 10 heteroatoms. The highest BCUT2D eigenvalue weighted by molar-refractivity contribution is 5.99. The molecule has 36 heavy (non-hydrogen) atoms. The number of rotatable bonds is 8. The number of piperazine rings is 1. The number of methoxy groups -OCH3 is 1. The quantitative estimate of drug-likeness (QED) is 0.461. The Bertz CT molecular complexity index is 1260. The van der Waals surface area contributed by atoms with Gasteiger partial charge in [0.2, 0.25) is 23.6 Å². The topological polar surface area (TPSA) is 109 Å². The summed E-state index contributed by atoms with van der Waals surface area (Å²) < 4.78 is 11.5. The van der Waals surface area contributed by atoms with Crippen LogP contribution in [-0.2, 0) is 9.59 Å². The Hall–Kier alpha value is -4.60. The van der Waals surface area contributed by atoms with Gasteiger partial charge < -0.3 is 29.9 Å². The maximum absolute atomic E-state index is 11.7. The second kappa shape index (κ2) is 11.2. The molecule has 186 valence electrons. The molecule has 0 radical (unpaired) electrons. The zero-order valence-electron chi connectivity index (χ0n) is 20.2. The lowest BCUT2D eigenvalue weighted by molar-refractivity contribution is -0.129. The molecule has 1 aliphatic heterocycles. The Labute approximate surface area is 209 Å². The second-order valence-corrected chi connectivity index (χ2v) is 8.01. The first kappa shape index (κ1) is 24.5. The summed E-state index contributed by atoms with van der Waals surface area (Å²) in [5, 5.41) is 5.89. The Morgan fingerprint density at radius 2 is 1.81 bits per heavy atom. The molecule has 0 aliphatic carbocycles. The molecule has 1 aromatic heterocycles. The molecule has 2 N–H and O–H groups in total. The molecule has 2 aromatic carbocycles. The minimum atomic E-state index is -0.340. The van der Waals surface area contributed by atoms with Gasteiger partial charge in [-0.2, -0.15) is 4.98 Å². The van der Waals surface area contributed by atoms with Crippen LogP contribution in [0, 0.1) is 0 Å². The van der Waals surface area contributed by atoms with E-state index in [1.807, 2.05) is 23.1 Å². The molecular weight excluding hydrogens is 460 g/mol. The summed E-state index contributed by atoms with van der Waals surface area (Å²) in [6.07, 6.45) is 2.76. The van der Waals surface area contributed by atoms with E-state index in [1.165, 1.54) is 6.08 Å². The van der Waals surface area contributed by atoms with Crippen molar-refractivity contribution in [2.45, 2.75) is 6.92 Å². The van der Waals surface area contributed by atoms with Crippen LogP contribution >= 0.6 is 0 Å². The number of para-hydroxylation sites is 2. The van der Waals surface area contributed by atoms with Crippen LogP contribution in [0.4, 0.5) is 23.0 Å². The van der Waals surface area contributed by atoms with Crippen molar-refractivity contribution in [2.75, 3.05) is 48.8 Å². The summed E-state index contributed by atoms with van der Waals surface area (Å²) in [5.41, 5.74) is 2.20. The molecule has 1 fully saturated rings. The number of nitrogens with one attached hydrogen (secondary N) is 2. The van der Waals surface area contributed by atoms with Gasteiger partial charge in [-0.1, -0.05) is 18.7 Å². The molecule has 0 unspecified atom stereocenters. The minimum absolute atomic E-state index is 0.1000. The average Bonchev–Trinajstić information content (AvgIpc) is 2.90. The highest BCUT2D eigenvalue weighted by Crippen LogP contribution is 2.33. The number of anilines is 4.